The average Bonchev–Trinajstić information content (AvgIpc) is 3.38. The number of benzene rings is 2. The van der Waals surface area contributed by atoms with Gasteiger partial charge in [-0.25, -0.2) is 13.9 Å². The Morgan fingerprint density at radius 1 is 1.03 bits per heavy atom. The standard InChI is InChI=1S/C26H27FN4O/c1-17-6-8-20(9-7-17)25-18(2)29-31-23(19-10-12-21(27)13-11-19)15-24(28-26(25)31)30-14-4-5-22(30)16-32-3/h6-13,15,22H,4-5,14,16H2,1-3H3. The summed E-state index contributed by atoms with van der Waals surface area (Å²) in [7, 11) is 1.74. The second-order valence-electron chi connectivity index (χ2n) is 8.51. The second-order valence-corrected chi connectivity index (χ2v) is 8.51. The minimum atomic E-state index is -0.254. The van der Waals surface area contributed by atoms with Crippen molar-refractivity contribution in [1.29, 1.82) is 0 Å². The predicted octanol–water partition coefficient (Wildman–Crippen LogP) is 5.43. The zero-order valence-corrected chi connectivity index (χ0v) is 18.7. The summed E-state index contributed by atoms with van der Waals surface area (Å²) in [6.07, 6.45) is 2.19. The Kier molecular flexibility index (Phi) is 5.39. The zero-order chi connectivity index (χ0) is 22.2. The van der Waals surface area contributed by atoms with Crippen LogP contribution < -0.4 is 4.90 Å². The molecule has 32 heavy (non-hydrogen) atoms. The molecule has 3 heterocycles. The van der Waals surface area contributed by atoms with Crippen LogP contribution in [0.15, 0.2) is 54.6 Å². The minimum Gasteiger partial charge on any atom is -0.383 e. The predicted molar refractivity (Wildman–Crippen MR) is 126 cm³/mol. The molecule has 5 rings (SSSR count). The summed E-state index contributed by atoms with van der Waals surface area (Å²) in [6.45, 7) is 5.70. The summed E-state index contributed by atoms with van der Waals surface area (Å²) in [5.74, 6) is 0.653. The SMILES string of the molecule is COCC1CCCN1c1cc(-c2ccc(F)cc2)n2nc(C)c(-c3ccc(C)cc3)c2n1. The first-order chi connectivity index (χ1) is 15.5. The molecule has 0 amide bonds. The molecule has 164 valence electrons. The lowest BCUT2D eigenvalue weighted by Crippen LogP contribution is -2.33. The number of halogens is 1. The number of aryl methyl sites for hydroxylation is 2. The molecule has 1 aliphatic rings. The van der Waals surface area contributed by atoms with Crippen molar-refractivity contribution in [3.8, 4) is 22.4 Å². The number of rotatable bonds is 5. The molecule has 5 nitrogen and oxygen atoms in total. The Balaban J connectivity index is 1.75. The fraction of sp³-hybridized carbons (Fsp3) is 0.308. The number of hydrogen-bond donors (Lipinski definition) is 0. The normalized spacial score (nSPS) is 16.2. The fourth-order valence-electron chi connectivity index (χ4n) is 4.65. The number of aromatic nitrogens is 3. The van der Waals surface area contributed by atoms with Gasteiger partial charge in [0.25, 0.3) is 0 Å². The van der Waals surface area contributed by atoms with E-state index in [0.717, 1.165) is 58.9 Å². The third kappa shape index (κ3) is 3.65. The molecule has 1 saturated heterocycles. The lowest BCUT2D eigenvalue weighted by atomic mass is 10.0. The van der Waals surface area contributed by atoms with E-state index in [4.69, 9.17) is 14.8 Å². The number of nitrogens with zero attached hydrogens (tertiary/aromatic N) is 4. The molecule has 0 saturated carbocycles. The first-order valence-corrected chi connectivity index (χ1v) is 11.0. The molecular formula is C26H27FN4O. The quantitative estimate of drug-likeness (QED) is 0.423. The molecule has 1 atom stereocenters. The molecular weight excluding hydrogens is 403 g/mol. The van der Waals surface area contributed by atoms with Crippen molar-refractivity contribution in [1.82, 2.24) is 14.6 Å². The van der Waals surface area contributed by atoms with Crippen LogP contribution in [0.1, 0.15) is 24.1 Å². The van der Waals surface area contributed by atoms with Crippen LogP contribution in [0.2, 0.25) is 0 Å². The lowest BCUT2D eigenvalue weighted by molar-refractivity contribution is 0.180. The van der Waals surface area contributed by atoms with Crippen LogP contribution in [0.5, 0.6) is 0 Å². The first kappa shape index (κ1) is 20.6. The van der Waals surface area contributed by atoms with E-state index >= 15 is 0 Å². The van der Waals surface area contributed by atoms with Crippen molar-refractivity contribution < 1.29 is 9.13 Å². The van der Waals surface area contributed by atoms with Crippen LogP contribution in [0.4, 0.5) is 10.2 Å². The molecule has 0 bridgehead atoms. The van der Waals surface area contributed by atoms with Crippen molar-refractivity contribution in [3.05, 3.63) is 71.7 Å². The van der Waals surface area contributed by atoms with E-state index in [1.54, 1.807) is 19.2 Å². The third-order valence-electron chi connectivity index (χ3n) is 6.26. The number of anilines is 1. The Morgan fingerprint density at radius 3 is 2.47 bits per heavy atom. The molecule has 0 aliphatic carbocycles. The molecule has 2 aromatic heterocycles. The van der Waals surface area contributed by atoms with Crippen LogP contribution in [0, 0.1) is 19.7 Å². The molecule has 0 N–H and O–H groups in total. The van der Waals surface area contributed by atoms with Crippen LogP contribution in [0.25, 0.3) is 28.0 Å². The number of methoxy groups -OCH3 is 1. The van der Waals surface area contributed by atoms with Gasteiger partial charge >= 0.3 is 0 Å². The summed E-state index contributed by atoms with van der Waals surface area (Å²) in [6, 6.07) is 17.4. The average molecular weight is 431 g/mol. The zero-order valence-electron chi connectivity index (χ0n) is 18.7. The van der Waals surface area contributed by atoms with Gasteiger partial charge in [-0.3, -0.25) is 0 Å². The topological polar surface area (TPSA) is 42.7 Å². The van der Waals surface area contributed by atoms with Gasteiger partial charge in [0.15, 0.2) is 5.65 Å². The van der Waals surface area contributed by atoms with E-state index in [1.807, 2.05) is 11.4 Å². The van der Waals surface area contributed by atoms with Gasteiger partial charge in [0.05, 0.1) is 24.0 Å². The molecule has 6 heteroatoms. The van der Waals surface area contributed by atoms with Crippen molar-refractivity contribution >= 4 is 11.5 Å². The van der Waals surface area contributed by atoms with E-state index in [9.17, 15) is 4.39 Å². The summed E-state index contributed by atoms with van der Waals surface area (Å²) >= 11 is 0. The van der Waals surface area contributed by atoms with Gasteiger partial charge in [-0.15, -0.1) is 0 Å². The maximum Gasteiger partial charge on any atom is 0.166 e. The highest BCUT2D eigenvalue weighted by Crippen LogP contribution is 2.34. The van der Waals surface area contributed by atoms with Crippen molar-refractivity contribution in [2.24, 2.45) is 0 Å². The molecule has 2 aromatic carbocycles. The number of ether oxygens (including phenoxy) is 1. The lowest BCUT2D eigenvalue weighted by Gasteiger charge is -2.26. The highest BCUT2D eigenvalue weighted by Gasteiger charge is 2.27. The monoisotopic (exact) mass is 430 g/mol. The van der Waals surface area contributed by atoms with Crippen molar-refractivity contribution in [2.75, 3.05) is 25.2 Å². The molecule has 0 radical (unpaired) electrons. The summed E-state index contributed by atoms with van der Waals surface area (Å²) in [5, 5.41) is 4.85. The molecule has 1 unspecified atom stereocenters. The molecule has 4 aromatic rings. The Labute approximate surface area is 187 Å². The van der Waals surface area contributed by atoms with Gasteiger partial charge in [-0.2, -0.15) is 5.10 Å². The van der Waals surface area contributed by atoms with Crippen LogP contribution in [0.3, 0.4) is 0 Å². The van der Waals surface area contributed by atoms with Crippen LogP contribution >= 0.6 is 0 Å². The third-order valence-corrected chi connectivity index (χ3v) is 6.26. The number of fused-ring (bicyclic) bond motifs is 1. The van der Waals surface area contributed by atoms with Crippen molar-refractivity contribution in [3.63, 3.8) is 0 Å². The van der Waals surface area contributed by atoms with E-state index < -0.39 is 0 Å². The maximum absolute atomic E-state index is 13.6. The fourth-order valence-corrected chi connectivity index (χ4v) is 4.65. The van der Waals surface area contributed by atoms with E-state index in [1.165, 1.54) is 17.7 Å². The first-order valence-electron chi connectivity index (χ1n) is 11.0. The molecule has 0 spiro atoms. The maximum atomic E-state index is 13.6. The van der Waals surface area contributed by atoms with Gasteiger partial charge in [0, 0.05) is 30.8 Å². The van der Waals surface area contributed by atoms with Gasteiger partial charge in [0.1, 0.15) is 11.6 Å². The van der Waals surface area contributed by atoms with E-state index in [0.29, 0.717) is 12.6 Å². The van der Waals surface area contributed by atoms with E-state index in [-0.39, 0.29) is 5.82 Å². The summed E-state index contributed by atoms with van der Waals surface area (Å²) in [5.41, 5.74) is 6.85. The minimum absolute atomic E-state index is 0.254. The van der Waals surface area contributed by atoms with Gasteiger partial charge in [0.2, 0.25) is 0 Å². The largest absolute Gasteiger partial charge is 0.383 e. The van der Waals surface area contributed by atoms with E-state index in [2.05, 4.69) is 42.2 Å². The summed E-state index contributed by atoms with van der Waals surface area (Å²) in [4.78, 5) is 7.44. The summed E-state index contributed by atoms with van der Waals surface area (Å²) < 4.78 is 21.0. The Bertz CT molecular complexity index is 1250. The highest BCUT2D eigenvalue weighted by atomic mass is 19.1. The van der Waals surface area contributed by atoms with Gasteiger partial charge < -0.3 is 9.64 Å². The molecule has 1 fully saturated rings. The van der Waals surface area contributed by atoms with Crippen LogP contribution in [-0.2, 0) is 4.74 Å². The number of hydrogen-bond acceptors (Lipinski definition) is 4. The Morgan fingerprint density at radius 2 is 1.75 bits per heavy atom. The molecule has 1 aliphatic heterocycles. The smallest absolute Gasteiger partial charge is 0.166 e. The van der Waals surface area contributed by atoms with Gasteiger partial charge in [-0.05, 0) is 56.5 Å². The van der Waals surface area contributed by atoms with Gasteiger partial charge in [-0.1, -0.05) is 29.8 Å². The second kappa shape index (κ2) is 8.36. The Hall–Kier alpha value is -3.25. The van der Waals surface area contributed by atoms with Crippen molar-refractivity contribution in [2.45, 2.75) is 32.7 Å². The van der Waals surface area contributed by atoms with Crippen LogP contribution in [-0.4, -0.2) is 40.9 Å². The highest BCUT2D eigenvalue weighted by molar-refractivity contribution is 5.83.